The second-order valence-corrected chi connectivity index (χ2v) is 3.02. The summed E-state index contributed by atoms with van der Waals surface area (Å²) in [5.41, 5.74) is 5.73. The summed E-state index contributed by atoms with van der Waals surface area (Å²) < 4.78 is 15.8. The van der Waals surface area contributed by atoms with E-state index in [4.69, 9.17) is 17.5 Å². The number of nitrogens with two attached hydrogens (primary N) is 1. The van der Waals surface area contributed by atoms with Crippen molar-refractivity contribution in [1.29, 1.82) is 0 Å². The van der Waals surface area contributed by atoms with Crippen molar-refractivity contribution in [3.05, 3.63) is 41.7 Å². The fourth-order valence-corrected chi connectivity index (χ4v) is 1.01. The molecular formula is C10H9ClFN3O. The molecular weight excluding hydrogens is 233 g/mol. The van der Waals surface area contributed by atoms with Crippen molar-refractivity contribution >= 4 is 29.7 Å². The summed E-state index contributed by atoms with van der Waals surface area (Å²) in [5, 5.41) is 2.19. The van der Waals surface area contributed by atoms with Gasteiger partial charge >= 0.3 is 0 Å². The molecule has 0 aromatic heterocycles. The standard InChI is InChI=1S/C10H9ClFN3O/c11-15-10(13)14-9(16)5-4-7-2-1-3-8(12)6-7/h1-6H,(H3,13,14,15,16). The molecule has 0 saturated carbocycles. The Hall–Kier alpha value is -1.88. The van der Waals surface area contributed by atoms with Crippen LogP contribution in [0.25, 0.3) is 6.08 Å². The van der Waals surface area contributed by atoms with Crippen LogP contribution in [0.4, 0.5) is 4.39 Å². The van der Waals surface area contributed by atoms with Gasteiger partial charge in [-0.3, -0.25) is 10.1 Å². The van der Waals surface area contributed by atoms with Crippen LogP contribution in [0.2, 0.25) is 0 Å². The Morgan fingerprint density at radius 2 is 2.31 bits per heavy atom. The molecule has 0 saturated heterocycles. The van der Waals surface area contributed by atoms with Crippen LogP contribution in [0.3, 0.4) is 0 Å². The van der Waals surface area contributed by atoms with Crippen molar-refractivity contribution in [3.8, 4) is 0 Å². The van der Waals surface area contributed by atoms with Gasteiger partial charge in [0.15, 0.2) is 0 Å². The minimum Gasteiger partial charge on any atom is -0.369 e. The van der Waals surface area contributed by atoms with Gasteiger partial charge in [0.25, 0.3) is 5.91 Å². The van der Waals surface area contributed by atoms with E-state index in [1.54, 1.807) is 12.1 Å². The zero-order valence-electron chi connectivity index (χ0n) is 8.15. The maximum atomic E-state index is 12.8. The summed E-state index contributed by atoms with van der Waals surface area (Å²) in [6.07, 6.45) is 2.64. The Morgan fingerprint density at radius 1 is 1.56 bits per heavy atom. The van der Waals surface area contributed by atoms with E-state index in [1.807, 2.05) is 0 Å². The number of guanidine groups is 1. The molecule has 0 radical (unpaired) electrons. The molecule has 0 aliphatic heterocycles. The smallest absolute Gasteiger partial charge is 0.250 e. The van der Waals surface area contributed by atoms with Crippen LogP contribution >= 0.6 is 11.8 Å². The lowest BCUT2D eigenvalue weighted by Crippen LogP contribution is -2.34. The molecule has 1 amide bonds. The molecule has 84 valence electrons. The number of nitrogens with zero attached hydrogens (tertiary/aromatic N) is 1. The third-order valence-corrected chi connectivity index (χ3v) is 1.80. The Kier molecular flexibility index (Phi) is 4.47. The highest BCUT2D eigenvalue weighted by atomic mass is 35.5. The molecule has 6 heteroatoms. The van der Waals surface area contributed by atoms with E-state index < -0.39 is 5.91 Å². The minimum atomic E-state index is -0.494. The van der Waals surface area contributed by atoms with Crippen molar-refractivity contribution in [2.75, 3.05) is 0 Å². The summed E-state index contributed by atoms with van der Waals surface area (Å²) >= 11 is 5.01. The molecule has 1 aromatic carbocycles. The van der Waals surface area contributed by atoms with Gasteiger partial charge in [-0.15, -0.1) is 4.51 Å². The third-order valence-electron chi connectivity index (χ3n) is 1.62. The molecule has 0 fully saturated rings. The number of benzene rings is 1. The number of nitrogens with one attached hydrogen (secondary N) is 1. The number of amides is 1. The molecule has 16 heavy (non-hydrogen) atoms. The van der Waals surface area contributed by atoms with Crippen molar-refractivity contribution in [1.82, 2.24) is 5.32 Å². The average Bonchev–Trinajstić information content (AvgIpc) is 2.26. The first-order chi connectivity index (χ1) is 7.61. The highest BCUT2D eigenvalue weighted by Crippen LogP contribution is 2.04. The average molecular weight is 242 g/mol. The van der Waals surface area contributed by atoms with Gasteiger partial charge in [0.05, 0.1) is 0 Å². The molecule has 0 atom stereocenters. The predicted molar refractivity (Wildman–Crippen MR) is 61.1 cm³/mol. The Morgan fingerprint density at radius 3 is 2.94 bits per heavy atom. The second-order valence-electron chi connectivity index (χ2n) is 2.85. The zero-order chi connectivity index (χ0) is 12.0. The van der Waals surface area contributed by atoms with E-state index in [9.17, 15) is 9.18 Å². The van der Waals surface area contributed by atoms with Crippen LogP contribution in [0.1, 0.15) is 5.56 Å². The molecule has 4 nitrogen and oxygen atoms in total. The summed E-state index contributed by atoms with van der Waals surface area (Å²) in [6, 6.07) is 5.81. The van der Waals surface area contributed by atoms with Crippen LogP contribution < -0.4 is 11.1 Å². The molecule has 0 spiro atoms. The molecule has 1 aromatic rings. The fraction of sp³-hybridized carbons (Fsp3) is 0. The summed E-state index contributed by atoms with van der Waals surface area (Å²) in [7, 11) is 0. The van der Waals surface area contributed by atoms with Gasteiger partial charge in [-0.05, 0) is 23.8 Å². The molecule has 1 rings (SSSR count). The Balaban J connectivity index is 2.63. The number of carbonyl (C=O) groups is 1. The lowest BCUT2D eigenvalue weighted by atomic mass is 10.2. The van der Waals surface area contributed by atoms with Crippen molar-refractivity contribution in [2.24, 2.45) is 10.2 Å². The highest BCUT2D eigenvalue weighted by molar-refractivity contribution is 6.20. The number of rotatable bonds is 2. The van der Waals surface area contributed by atoms with E-state index >= 15 is 0 Å². The number of carbonyl (C=O) groups excluding carboxylic acids is 1. The van der Waals surface area contributed by atoms with Gasteiger partial charge in [0.1, 0.15) is 5.82 Å². The molecule has 3 N–H and O–H groups in total. The number of halogens is 2. The number of hydrogen-bond acceptors (Lipinski definition) is 2. The molecule has 0 heterocycles. The van der Waals surface area contributed by atoms with Gasteiger partial charge in [-0.2, -0.15) is 0 Å². The SMILES string of the molecule is NC(=NCl)NC(=O)C=Cc1cccc(F)c1. The maximum Gasteiger partial charge on any atom is 0.250 e. The van der Waals surface area contributed by atoms with Crippen molar-refractivity contribution < 1.29 is 9.18 Å². The van der Waals surface area contributed by atoms with Crippen molar-refractivity contribution in [2.45, 2.75) is 0 Å². The summed E-state index contributed by atoms with van der Waals surface area (Å²) in [6.45, 7) is 0. The second kappa shape index (κ2) is 5.87. The zero-order valence-corrected chi connectivity index (χ0v) is 8.91. The van der Waals surface area contributed by atoms with Gasteiger partial charge in [0.2, 0.25) is 5.96 Å². The third kappa shape index (κ3) is 4.10. The topological polar surface area (TPSA) is 67.5 Å². The lowest BCUT2D eigenvalue weighted by Gasteiger charge is -1.97. The summed E-state index contributed by atoms with van der Waals surface area (Å²) in [4.78, 5) is 11.2. The fourth-order valence-electron chi connectivity index (χ4n) is 0.971. The van der Waals surface area contributed by atoms with Crippen LogP contribution in [-0.2, 0) is 4.79 Å². The van der Waals surface area contributed by atoms with Gasteiger partial charge < -0.3 is 5.73 Å². The van der Waals surface area contributed by atoms with E-state index in [0.29, 0.717) is 5.56 Å². The van der Waals surface area contributed by atoms with Gasteiger partial charge in [0, 0.05) is 17.9 Å². The van der Waals surface area contributed by atoms with Gasteiger partial charge in [-0.25, -0.2) is 4.39 Å². The molecule has 0 bridgehead atoms. The monoisotopic (exact) mass is 241 g/mol. The predicted octanol–water partition coefficient (Wildman–Crippen LogP) is 1.42. The first kappa shape index (κ1) is 12.2. The van der Waals surface area contributed by atoms with E-state index in [1.165, 1.54) is 24.3 Å². The van der Waals surface area contributed by atoms with E-state index in [2.05, 4.69) is 9.83 Å². The first-order valence-corrected chi connectivity index (χ1v) is 4.64. The highest BCUT2D eigenvalue weighted by Gasteiger charge is 1.97. The van der Waals surface area contributed by atoms with E-state index in [-0.39, 0.29) is 11.8 Å². The quantitative estimate of drug-likeness (QED) is 0.467. The van der Waals surface area contributed by atoms with Crippen molar-refractivity contribution in [3.63, 3.8) is 0 Å². The van der Waals surface area contributed by atoms with E-state index in [0.717, 1.165) is 0 Å². The van der Waals surface area contributed by atoms with Gasteiger partial charge in [-0.1, -0.05) is 12.1 Å². The summed E-state index contributed by atoms with van der Waals surface area (Å²) in [5.74, 6) is -1.06. The van der Waals surface area contributed by atoms with Crippen LogP contribution in [0, 0.1) is 5.82 Å². The van der Waals surface area contributed by atoms with Crippen LogP contribution in [0.5, 0.6) is 0 Å². The van der Waals surface area contributed by atoms with Crippen LogP contribution in [-0.4, -0.2) is 11.9 Å². The Bertz CT molecular complexity index is 445. The molecule has 0 aliphatic rings. The lowest BCUT2D eigenvalue weighted by molar-refractivity contribution is -0.115. The van der Waals surface area contributed by atoms with Crippen LogP contribution in [0.15, 0.2) is 34.9 Å². The number of hydrogen-bond donors (Lipinski definition) is 2. The molecule has 0 unspecified atom stereocenters. The maximum absolute atomic E-state index is 12.8. The first-order valence-electron chi connectivity index (χ1n) is 4.31. The Labute approximate surface area is 96.7 Å². The molecule has 0 aliphatic carbocycles. The normalized spacial score (nSPS) is 11.8. The largest absolute Gasteiger partial charge is 0.369 e. The minimum absolute atomic E-state index is 0.199.